The second kappa shape index (κ2) is 3.54. The molecule has 1 heterocycles. The minimum Gasteiger partial charge on any atom is -0.359 e. The number of hydrazine groups is 1. The number of para-hydroxylation sites is 2. The van der Waals surface area contributed by atoms with Crippen molar-refractivity contribution < 1.29 is 0 Å². The zero-order chi connectivity index (χ0) is 11.0. The van der Waals surface area contributed by atoms with Crippen molar-refractivity contribution in [1.82, 2.24) is 0 Å². The third-order valence-corrected chi connectivity index (χ3v) is 2.87. The first-order valence-electron chi connectivity index (χ1n) is 5.31. The van der Waals surface area contributed by atoms with Gasteiger partial charge in [0.05, 0.1) is 11.4 Å². The summed E-state index contributed by atoms with van der Waals surface area (Å²) < 4.78 is 0. The lowest BCUT2D eigenvalue weighted by Crippen LogP contribution is -2.34. The van der Waals surface area contributed by atoms with Crippen molar-refractivity contribution in [3.8, 4) is 0 Å². The topological polar surface area (TPSA) is 41.3 Å². The molecule has 1 atom stereocenters. The van der Waals surface area contributed by atoms with E-state index in [1.807, 2.05) is 42.5 Å². The molecule has 0 amide bonds. The standard InChI is InChI=1S/C13H13N3/c14-16-12-9-5-4-8-11(12)15-13(16)10-6-2-1-3-7-10/h1-9,13,15H,14H2. The average Bonchev–Trinajstić information content (AvgIpc) is 2.69. The van der Waals surface area contributed by atoms with E-state index in [1.54, 1.807) is 5.01 Å². The molecule has 3 rings (SSSR count). The number of nitrogens with two attached hydrogens (primary N) is 1. The highest BCUT2D eigenvalue weighted by Gasteiger charge is 2.26. The average molecular weight is 211 g/mol. The predicted molar refractivity (Wildman–Crippen MR) is 65.9 cm³/mol. The highest BCUT2D eigenvalue weighted by atomic mass is 15.5. The molecule has 80 valence electrons. The van der Waals surface area contributed by atoms with Gasteiger partial charge in [0.25, 0.3) is 0 Å². The molecule has 0 saturated carbocycles. The molecule has 0 fully saturated rings. The maximum absolute atomic E-state index is 6.09. The summed E-state index contributed by atoms with van der Waals surface area (Å²) in [6.45, 7) is 0. The summed E-state index contributed by atoms with van der Waals surface area (Å²) in [6.07, 6.45) is 0.0265. The van der Waals surface area contributed by atoms with Crippen LogP contribution in [0.2, 0.25) is 0 Å². The lowest BCUT2D eigenvalue weighted by Gasteiger charge is -2.21. The van der Waals surface area contributed by atoms with Gasteiger partial charge in [0, 0.05) is 0 Å². The van der Waals surface area contributed by atoms with Crippen LogP contribution >= 0.6 is 0 Å². The molecule has 0 radical (unpaired) electrons. The van der Waals surface area contributed by atoms with Crippen LogP contribution in [0.3, 0.4) is 0 Å². The number of hydrogen-bond acceptors (Lipinski definition) is 3. The van der Waals surface area contributed by atoms with Gasteiger partial charge in [-0.1, -0.05) is 42.5 Å². The Bertz CT molecular complexity index is 496. The Labute approximate surface area is 94.5 Å². The van der Waals surface area contributed by atoms with Crippen molar-refractivity contribution in [1.29, 1.82) is 0 Å². The molecule has 3 N–H and O–H groups in total. The Hall–Kier alpha value is -2.00. The Kier molecular flexibility index (Phi) is 2.04. The largest absolute Gasteiger partial charge is 0.359 e. The van der Waals surface area contributed by atoms with Crippen LogP contribution in [-0.4, -0.2) is 0 Å². The number of anilines is 2. The van der Waals surface area contributed by atoms with Crippen molar-refractivity contribution in [2.24, 2.45) is 5.84 Å². The van der Waals surface area contributed by atoms with Gasteiger partial charge in [-0.2, -0.15) is 0 Å². The molecule has 0 saturated heterocycles. The van der Waals surface area contributed by atoms with Gasteiger partial charge >= 0.3 is 0 Å². The van der Waals surface area contributed by atoms with Crippen LogP contribution in [0.5, 0.6) is 0 Å². The normalized spacial score (nSPS) is 18.1. The summed E-state index contributed by atoms with van der Waals surface area (Å²) in [4.78, 5) is 0. The van der Waals surface area contributed by atoms with Gasteiger partial charge in [0.2, 0.25) is 0 Å². The lowest BCUT2D eigenvalue weighted by molar-refractivity contribution is 0.745. The molecule has 2 aromatic carbocycles. The molecule has 1 aliphatic heterocycles. The summed E-state index contributed by atoms with van der Waals surface area (Å²) in [6, 6.07) is 18.3. The van der Waals surface area contributed by atoms with Crippen LogP contribution in [-0.2, 0) is 0 Å². The first-order valence-corrected chi connectivity index (χ1v) is 5.31. The summed E-state index contributed by atoms with van der Waals surface area (Å²) in [7, 11) is 0. The fraction of sp³-hybridized carbons (Fsp3) is 0.0769. The Balaban J connectivity index is 1.99. The van der Waals surface area contributed by atoms with E-state index in [2.05, 4.69) is 17.4 Å². The van der Waals surface area contributed by atoms with E-state index in [4.69, 9.17) is 5.84 Å². The SMILES string of the molecule is NN1c2ccccc2NC1c1ccccc1. The molecule has 0 bridgehead atoms. The quantitative estimate of drug-likeness (QED) is 0.712. The third-order valence-electron chi connectivity index (χ3n) is 2.87. The van der Waals surface area contributed by atoms with Crippen molar-refractivity contribution in [3.05, 3.63) is 60.2 Å². The molecule has 0 aliphatic carbocycles. The number of rotatable bonds is 1. The van der Waals surface area contributed by atoms with E-state index in [9.17, 15) is 0 Å². The van der Waals surface area contributed by atoms with Gasteiger partial charge in [0.15, 0.2) is 0 Å². The van der Waals surface area contributed by atoms with Gasteiger partial charge < -0.3 is 5.32 Å². The third kappa shape index (κ3) is 1.33. The van der Waals surface area contributed by atoms with E-state index in [0.29, 0.717) is 0 Å². The summed E-state index contributed by atoms with van der Waals surface area (Å²) in [5, 5.41) is 5.17. The molecular formula is C13H13N3. The Morgan fingerprint density at radius 2 is 1.62 bits per heavy atom. The van der Waals surface area contributed by atoms with Gasteiger partial charge in [0.1, 0.15) is 6.17 Å². The zero-order valence-electron chi connectivity index (χ0n) is 8.80. The van der Waals surface area contributed by atoms with Gasteiger partial charge in [-0.15, -0.1) is 0 Å². The Morgan fingerprint density at radius 3 is 2.38 bits per heavy atom. The summed E-state index contributed by atoms with van der Waals surface area (Å²) >= 11 is 0. The monoisotopic (exact) mass is 211 g/mol. The van der Waals surface area contributed by atoms with Gasteiger partial charge in [-0.3, -0.25) is 5.01 Å². The van der Waals surface area contributed by atoms with Gasteiger partial charge in [-0.25, -0.2) is 5.84 Å². The molecule has 0 spiro atoms. The fourth-order valence-corrected chi connectivity index (χ4v) is 2.06. The minimum atomic E-state index is 0.0265. The number of fused-ring (bicyclic) bond motifs is 1. The molecule has 3 nitrogen and oxygen atoms in total. The maximum atomic E-state index is 6.09. The first kappa shape index (κ1) is 9.24. The van der Waals surface area contributed by atoms with E-state index in [-0.39, 0.29) is 6.17 Å². The second-order valence-electron chi connectivity index (χ2n) is 3.88. The summed E-state index contributed by atoms with van der Waals surface area (Å²) in [5.41, 5.74) is 3.29. The van der Waals surface area contributed by atoms with Crippen LogP contribution in [0, 0.1) is 0 Å². The molecule has 1 unspecified atom stereocenters. The second-order valence-corrected chi connectivity index (χ2v) is 3.88. The Morgan fingerprint density at radius 1 is 0.938 bits per heavy atom. The number of benzene rings is 2. The van der Waals surface area contributed by atoms with E-state index in [1.165, 1.54) is 5.56 Å². The van der Waals surface area contributed by atoms with Crippen LogP contribution in [0.15, 0.2) is 54.6 Å². The molecular weight excluding hydrogens is 198 g/mol. The number of nitrogens with one attached hydrogen (secondary N) is 1. The minimum absolute atomic E-state index is 0.0265. The highest BCUT2D eigenvalue weighted by Crippen LogP contribution is 2.38. The van der Waals surface area contributed by atoms with Crippen LogP contribution in [0.25, 0.3) is 0 Å². The van der Waals surface area contributed by atoms with Crippen LogP contribution < -0.4 is 16.2 Å². The van der Waals surface area contributed by atoms with Crippen LogP contribution in [0.1, 0.15) is 11.7 Å². The molecule has 16 heavy (non-hydrogen) atoms. The number of hydrogen-bond donors (Lipinski definition) is 2. The van der Waals surface area contributed by atoms with Crippen molar-refractivity contribution >= 4 is 11.4 Å². The molecule has 2 aromatic rings. The first-order chi connectivity index (χ1) is 7.86. The van der Waals surface area contributed by atoms with Crippen LogP contribution in [0.4, 0.5) is 11.4 Å². The smallest absolute Gasteiger partial charge is 0.140 e. The van der Waals surface area contributed by atoms with Gasteiger partial charge in [-0.05, 0) is 17.7 Å². The van der Waals surface area contributed by atoms with Crippen molar-refractivity contribution in [3.63, 3.8) is 0 Å². The van der Waals surface area contributed by atoms with Crippen molar-refractivity contribution in [2.45, 2.75) is 6.17 Å². The maximum Gasteiger partial charge on any atom is 0.140 e. The molecule has 1 aliphatic rings. The molecule has 0 aromatic heterocycles. The zero-order valence-corrected chi connectivity index (χ0v) is 8.80. The summed E-state index contributed by atoms with van der Waals surface area (Å²) in [5.74, 6) is 6.09. The van der Waals surface area contributed by atoms with E-state index < -0.39 is 0 Å². The molecule has 3 heteroatoms. The van der Waals surface area contributed by atoms with E-state index in [0.717, 1.165) is 11.4 Å². The highest BCUT2D eigenvalue weighted by molar-refractivity contribution is 5.75. The number of nitrogens with zero attached hydrogens (tertiary/aromatic N) is 1. The van der Waals surface area contributed by atoms with E-state index >= 15 is 0 Å². The predicted octanol–water partition coefficient (Wildman–Crippen LogP) is 2.49. The fourth-order valence-electron chi connectivity index (χ4n) is 2.06. The lowest BCUT2D eigenvalue weighted by atomic mass is 10.2. The van der Waals surface area contributed by atoms with Crippen molar-refractivity contribution in [2.75, 3.05) is 10.3 Å².